The van der Waals surface area contributed by atoms with Crippen molar-refractivity contribution in [3.8, 4) is 5.75 Å². The van der Waals surface area contributed by atoms with Gasteiger partial charge in [0.1, 0.15) is 5.75 Å². The molecule has 0 spiro atoms. The van der Waals surface area contributed by atoms with Crippen LogP contribution < -0.4 is 5.32 Å². The molecule has 3 unspecified atom stereocenters. The zero-order valence-electron chi connectivity index (χ0n) is 10.1. The van der Waals surface area contributed by atoms with Gasteiger partial charge in [0.15, 0.2) is 0 Å². The molecule has 1 saturated carbocycles. The molecule has 0 bridgehead atoms. The molecule has 0 radical (unpaired) electrons. The summed E-state index contributed by atoms with van der Waals surface area (Å²) in [7, 11) is 0. The fraction of sp³-hybridized carbons (Fsp3) is 0.571. The van der Waals surface area contributed by atoms with E-state index in [0.29, 0.717) is 11.8 Å². The second-order valence-electron chi connectivity index (χ2n) is 5.19. The van der Waals surface area contributed by atoms with E-state index in [0.717, 1.165) is 17.5 Å². The van der Waals surface area contributed by atoms with Gasteiger partial charge in [0.25, 0.3) is 0 Å². The molecule has 2 rings (SSSR count). The van der Waals surface area contributed by atoms with Gasteiger partial charge in [0, 0.05) is 11.7 Å². The highest BCUT2D eigenvalue weighted by molar-refractivity contribution is 5.46. The van der Waals surface area contributed by atoms with Gasteiger partial charge in [0.2, 0.25) is 0 Å². The molecule has 1 aliphatic carbocycles. The predicted octanol–water partition coefficient (Wildman–Crippen LogP) is 3.63. The Bertz CT molecular complexity index is 333. The SMILES string of the molecule is CC1CCC(Nc2ccc(O)cc2)C(C)C1. The number of nitrogens with one attached hydrogen (secondary N) is 1. The van der Waals surface area contributed by atoms with E-state index in [-0.39, 0.29) is 0 Å². The van der Waals surface area contributed by atoms with Gasteiger partial charge in [0.05, 0.1) is 0 Å². The van der Waals surface area contributed by atoms with Gasteiger partial charge in [-0.15, -0.1) is 0 Å². The Morgan fingerprint density at radius 2 is 1.81 bits per heavy atom. The van der Waals surface area contributed by atoms with E-state index in [1.54, 1.807) is 12.1 Å². The lowest BCUT2D eigenvalue weighted by Gasteiger charge is -2.33. The van der Waals surface area contributed by atoms with Gasteiger partial charge in [-0.05, 0) is 55.4 Å². The van der Waals surface area contributed by atoms with E-state index in [2.05, 4.69) is 19.2 Å². The largest absolute Gasteiger partial charge is 0.508 e. The maximum Gasteiger partial charge on any atom is 0.115 e. The van der Waals surface area contributed by atoms with Crippen LogP contribution in [0.5, 0.6) is 5.75 Å². The summed E-state index contributed by atoms with van der Waals surface area (Å²) in [6.07, 6.45) is 3.89. The van der Waals surface area contributed by atoms with Crippen LogP contribution in [0.15, 0.2) is 24.3 Å². The molecule has 1 fully saturated rings. The molecule has 0 aliphatic heterocycles. The van der Waals surface area contributed by atoms with Gasteiger partial charge in [-0.2, -0.15) is 0 Å². The molecule has 0 amide bonds. The summed E-state index contributed by atoms with van der Waals surface area (Å²) in [5.74, 6) is 1.93. The minimum Gasteiger partial charge on any atom is -0.508 e. The van der Waals surface area contributed by atoms with Crippen LogP contribution in [0.1, 0.15) is 33.1 Å². The highest BCUT2D eigenvalue weighted by Crippen LogP contribution is 2.30. The molecule has 1 aromatic rings. The third-order valence-electron chi connectivity index (χ3n) is 3.65. The summed E-state index contributed by atoms with van der Waals surface area (Å²) < 4.78 is 0. The topological polar surface area (TPSA) is 32.3 Å². The van der Waals surface area contributed by atoms with Crippen LogP contribution in [-0.2, 0) is 0 Å². The minimum atomic E-state index is 0.330. The van der Waals surface area contributed by atoms with Crippen LogP contribution in [0.2, 0.25) is 0 Å². The van der Waals surface area contributed by atoms with Crippen molar-refractivity contribution in [3.63, 3.8) is 0 Å². The molecule has 1 aromatic carbocycles. The number of phenolic OH excluding ortho intramolecular Hbond substituents is 1. The summed E-state index contributed by atoms with van der Waals surface area (Å²) in [6, 6.07) is 7.94. The number of hydrogen-bond donors (Lipinski definition) is 2. The van der Waals surface area contributed by atoms with Gasteiger partial charge in [-0.25, -0.2) is 0 Å². The lowest BCUT2D eigenvalue weighted by molar-refractivity contribution is 0.276. The lowest BCUT2D eigenvalue weighted by atomic mass is 9.80. The van der Waals surface area contributed by atoms with Crippen molar-refractivity contribution in [2.75, 3.05) is 5.32 Å². The number of aromatic hydroxyl groups is 1. The Kier molecular flexibility index (Phi) is 3.37. The Morgan fingerprint density at radius 3 is 2.44 bits per heavy atom. The van der Waals surface area contributed by atoms with E-state index in [1.807, 2.05) is 12.1 Å². The van der Waals surface area contributed by atoms with E-state index >= 15 is 0 Å². The number of anilines is 1. The summed E-state index contributed by atoms with van der Waals surface area (Å²) in [5, 5.41) is 12.8. The van der Waals surface area contributed by atoms with Crippen molar-refractivity contribution in [3.05, 3.63) is 24.3 Å². The Morgan fingerprint density at radius 1 is 1.12 bits per heavy atom. The first kappa shape index (κ1) is 11.3. The Hall–Kier alpha value is -1.18. The summed E-state index contributed by atoms with van der Waals surface area (Å²) in [5.41, 5.74) is 1.12. The molecule has 0 heterocycles. The number of hydrogen-bond acceptors (Lipinski definition) is 2. The third-order valence-corrected chi connectivity index (χ3v) is 3.65. The monoisotopic (exact) mass is 219 g/mol. The molecule has 2 N–H and O–H groups in total. The lowest BCUT2D eigenvalue weighted by Crippen LogP contribution is -2.32. The first-order valence-corrected chi connectivity index (χ1v) is 6.20. The second kappa shape index (κ2) is 4.77. The Labute approximate surface area is 97.7 Å². The molecule has 88 valence electrons. The third kappa shape index (κ3) is 2.69. The molecule has 2 heteroatoms. The van der Waals surface area contributed by atoms with Crippen molar-refractivity contribution in [1.29, 1.82) is 0 Å². The first-order chi connectivity index (χ1) is 7.65. The van der Waals surface area contributed by atoms with Gasteiger partial charge in [-0.3, -0.25) is 0 Å². The van der Waals surface area contributed by atoms with Crippen molar-refractivity contribution in [2.24, 2.45) is 11.8 Å². The highest BCUT2D eigenvalue weighted by atomic mass is 16.3. The maximum atomic E-state index is 9.22. The van der Waals surface area contributed by atoms with E-state index in [1.165, 1.54) is 19.3 Å². The van der Waals surface area contributed by atoms with E-state index in [4.69, 9.17) is 0 Å². The smallest absolute Gasteiger partial charge is 0.115 e. The molecule has 0 saturated heterocycles. The fourth-order valence-corrected chi connectivity index (χ4v) is 2.65. The molecular formula is C14H21NO. The van der Waals surface area contributed by atoms with E-state index < -0.39 is 0 Å². The van der Waals surface area contributed by atoms with Gasteiger partial charge in [-0.1, -0.05) is 13.8 Å². The summed E-state index contributed by atoms with van der Waals surface area (Å²) >= 11 is 0. The Balaban J connectivity index is 1.96. The predicted molar refractivity (Wildman–Crippen MR) is 67.7 cm³/mol. The average Bonchev–Trinajstić information content (AvgIpc) is 2.25. The molecule has 3 atom stereocenters. The number of benzene rings is 1. The van der Waals surface area contributed by atoms with E-state index in [9.17, 15) is 5.11 Å². The first-order valence-electron chi connectivity index (χ1n) is 6.20. The molecule has 1 aliphatic rings. The van der Waals surface area contributed by atoms with Crippen LogP contribution in [0.4, 0.5) is 5.69 Å². The number of rotatable bonds is 2. The number of phenols is 1. The normalized spacial score (nSPS) is 30.0. The second-order valence-corrected chi connectivity index (χ2v) is 5.19. The van der Waals surface area contributed by atoms with Crippen molar-refractivity contribution in [2.45, 2.75) is 39.2 Å². The fourth-order valence-electron chi connectivity index (χ4n) is 2.65. The van der Waals surface area contributed by atoms with Crippen LogP contribution in [0, 0.1) is 11.8 Å². The summed E-state index contributed by atoms with van der Waals surface area (Å²) in [4.78, 5) is 0. The summed E-state index contributed by atoms with van der Waals surface area (Å²) in [6.45, 7) is 4.67. The van der Waals surface area contributed by atoms with Crippen LogP contribution in [0.25, 0.3) is 0 Å². The van der Waals surface area contributed by atoms with Crippen molar-refractivity contribution < 1.29 is 5.11 Å². The average molecular weight is 219 g/mol. The van der Waals surface area contributed by atoms with Crippen LogP contribution >= 0.6 is 0 Å². The molecule has 2 nitrogen and oxygen atoms in total. The van der Waals surface area contributed by atoms with Crippen LogP contribution in [-0.4, -0.2) is 11.1 Å². The highest BCUT2D eigenvalue weighted by Gasteiger charge is 2.24. The zero-order valence-corrected chi connectivity index (χ0v) is 10.1. The van der Waals surface area contributed by atoms with Gasteiger partial charge < -0.3 is 10.4 Å². The molecule has 16 heavy (non-hydrogen) atoms. The maximum absolute atomic E-state index is 9.22. The standard InChI is InChI=1S/C14H21NO/c1-10-3-8-14(11(2)9-10)15-12-4-6-13(16)7-5-12/h4-7,10-11,14-16H,3,8-9H2,1-2H3. The molecular weight excluding hydrogens is 198 g/mol. The van der Waals surface area contributed by atoms with Crippen molar-refractivity contribution >= 4 is 5.69 Å². The zero-order chi connectivity index (χ0) is 11.5. The molecule has 0 aromatic heterocycles. The van der Waals surface area contributed by atoms with Crippen LogP contribution in [0.3, 0.4) is 0 Å². The van der Waals surface area contributed by atoms with Crippen molar-refractivity contribution in [1.82, 2.24) is 0 Å². The quantitative estimate of drug-likeness (QED) is 0.744. The minimum absolute atomic E-state index is 0.330. The van der Waals surface area contributed by atoms with Gasteiger partial charge >= 0.3 is 0 Å².